The highest BCUT2D eigenvalue weighted by Gasteiger charge is 2.15. The Kier molecular flexibility index (Phi) is 5.16. The summed E-state index contributed by atoms with van der Waals surface area (Å²) < 4.78 is 0. The number of hydrogen-bond donors (Lipinski definition) is 0. The van der Waals surface area contributed by atoms with E-state index in [0.29, 0.717) is 12.2 Å². The minimum atomic E-state index is -0.427. The maximum absolute atomic E-state index is 11.8. The average Bonchev–Trinajstić information content (AvgIpc) is 2.23. The molecular formula is C14H19O3. The van der Waals surface area contributed by atoms with Crippen molar-refractivity contribution < 1.29 is 14.6 Å². The van der Waals surface area contributed by atoms with Crippen molar-refractivity contribution in [2.75, 3.05) is 6.61 Å². The largest absolute Gasteiger partial charge is 0.373 e. The van der Waals surface area contributed by atoms with Crippen molar-refractivity contribution in [2.45, 2.75) is 33.6 Å². The van der Waals surface area contributed by atoms with Gasteiger partial charge < -0.3 is 0 Å². The van der Waals surface area contributed by atoms with Crippen LogP contribution >= 0.6 is 0 Å². The van der Waals surface area contributed by atoms with Gasteiger partial charge >= 0.3 is 5.97 Å². The summed E-state index contributed by atoms with van der Waals surface area (Å²) in [5.74, 6) is -0.427. The van der Waals surface area contributed by atoms with E-state index < -0.39 is 5.97 Å². The Morgan fingerprint density at radius 2 is 1.82 bits per heavy atom. The first kappa shape index (κ1) is 13.7. The van der Waals surface area contributed by atoms with Gasteiger partial charge in [-0.15, -0.1) is 0 Å². The molecule has 0 heterocycles. The van der Waals surface area contributed by atoms with Gasteiger partial charge in [0.1, 0.15) is 0 Å². The first-order valence-electron chi connectivity index (χ1n) is 5.77. The van der Waals surface area contributed by atoms with Crippen LogP contribution < -0.4 is 0 Å². The summed E-state index contributed by atoms with van der Waals surface area (Å²) >= 11 is 0. The van der Waals surface area contributed by atoms with Crippen molar-refractivity contribution >= 4 is 5.97 Å². The minimum Gasteiger partial charge on any atom is -0.293 e. The lowest BCUT2D eigenvalue weighted by Gasteiger charge is -2.09. The van der Waals surface area contributed by atoms with E-state index in [-0.39, 0.29) is 0 Å². The first-order valence-corrected chi connectivity index (χ1v) is 5.77. The van der Waals surface area contributed by atoms with Crippen LogP contribution in [0.25, 0.3) is 0 Å². The van der Waals surface area contributed by atoms with Gasteiger partial charge in [0, 0.05) is 0 Å². The van der Waals surface area contributed by atoms with Gasteiger partial charge in [-0.05, 0) is 38.3 Å². The number of benzene rings is 1. The SMILES string of the molecule is [CH2]CCCOOC(=O)c1c(C)cc(C)cc1C. The molecule has 0 aliphatic carbocycles. The fourth-order valence-electron chi connectivity index (χ4n) is 1.80. The summed E-state index contributed by atoms with van der Waals surface area (Å²) in [4.78, 5) is 21.4. The molecule has 93 valence electrons. The third-order valence-corrected chi connectivity index (χ3v) is 2.49. The van der Waals surface area contributed by atoms with Gasteiger partial charge in [-0.1, -0.05) is 31.0 Å². The van der Waals surface area contributed by atoms with Gasteiger partial charge in [-0.2, -0.15) is 4.89 Å². The molecule has 0 bridgehead atoms. The maximum atomic E-state index is 11.8. The van der Waals surface area contributed by atoms with E-state index in [9.17, 15) is 4.79 Å². The van der Waals surface area contributed by atoms with Crippen LogP contribution in [0.5, 0.6) is 0 Å². The lowest BCUT2D eigenvalue weighted by molar-refractivity contribution is -0.241. The molecule has 0 amide bonds. The lowest BCUT2D eigenvalue weighted by atomic mass is 10.0. The second kappa shape index (κ2) is 6.40. The number of unbranched alkanes of at least 4 members (excludes halogenated alkanes) is 1. The Labute approximate surface area is 103 Å². The number of carbonyl (C=O) groups excluding carboxylic acids is 1. The zero-order valence-corrected chi connectivity index (χ0v) is 10.7. The van der Waals surface area contributed by atoms with Crippen LogP contribution in [-0.2, 0) is 9.78 Å². The van der Waals surface area contributed by atoms with Gasteiger partial charge in [0.25, 0.3) is 0 Å². The van der Waals surface area contributed by atoms with Crippen molar-refractivity contribution in [2.24, 2.45) is 0 Å². The van der Waals surface area contributed by atoms with E-state index in [2.05, 4.69) is 6.92 Å². The molecule has 0 unspecified atom stereocenters. The third kappa shape index (κ3) is 3.86. The van der Waals surface area contributed by atoms with E-state index in [1.54, 1.807) is 0 Å². The molecule has 0 aromatic heterocycles. The van der Waals surface area contributed by atoms with E-state index in [0.717, 1.165) is 29.5 Å². The number of hydrogen-bond acceptors (Lipinski definition) is 3. The summed E-state index contributed by atoms with van der Waals surface area (Å²) in [6, 6.07) is 3.92. The second-order valence-electron chi connectivity index (χ2n) is 4.17. The summed E-state index contributed by atoms with van der Waals surface area (Å²) in [5, 5.41) is 0. The molecule has 3 heteroatoms. The second-order valence-corrected chi connectivity index (χ2v) is 4.17. The van der Waals surface area contributed by atoms with Gasteiger partial charge in [0.15, 0.2) is 0 Å². The molecule has 3 nitrogen and oxygen atoms in total. The molecule has 0 saturated carbocycles. The predicted molar refractivity (Wildman–Crippen MR) is 66.6 cm³/mol. The molecular weight excluding hydrogens is 216 g/mol. The maximum Gasteiger partial charge on any atom is 0.373 e. The molecule has 0 fully saturated rings. The summed E-state index contributed by atoms with van der Waals surface area (Å²) in [6.07, 6.45) is 1.54. The topological polar surface area (TPSA) is 35.5 Å². The van der Waals surface area contributed by atoms with Crippen LogP contribution in [0.3, 0.4) is 0 Å². The monoisotopic (exact) mass is 235 g/mol. The predicted octanol–water partition coefficient (Wildman–Crippen LogP) is 3.31. The van der Waals surface area contributed by atoms with Crippen molar-refractivity contribution in [1.82, 2.24) is 0 Å². The Morgan fingerprint density at radius 1 is 1.24 bits per heavy atom. The number of carbonyl (C=O) groups is 1. The highest BCUT2D eigenvalue weighted by atomic mass is 17.2. The van der Waals surface area contributed by atoms with Crippen LogP contribution in [0.1, 0.15) is 39.9 Å². The number of aryl methyl sites for hydroxylation is 3. The molecule has 0 spiro atoms. The molecule has 0 atom stereocenters. The number of rotatable bonds is 5. The van der Waals surface area contributed by atoms with Crippen LogP contribution in [0.4, 0.5) is 0 Å². The summed E-state index contributed by atoms with van der Waals surface area (Å²) in [5.41, 5.74) is 3.54. The summed E-state index contributed by atoms with van der Waals surface area (Å²) in [7, 11) is 0. The van der Waals surface area contributed by atoms with Crippen molar-refractivity contribution in [1.29, 1.82) is 0 Å². The van der Waals surface area contributed by atoms with Crippen molar-refractivity contribution in [3.63, 3.8) is 0 Å². The molecule has 0 aliphatic rings. The highest BCUT2D eigenvalue weighted by molar-refractivity contribution is 5.92. The fraction of sp³-hybridized carbons (Fsp3) is 0.429. The molecule has 17 heavy (non-hydrogen) atoms. The van der Waals surface area contributed by atoms with Crippen LogP contribution in [0, 0.1) is 27.7 Å². The molecule has 1 aromatic rings. The average molecular weight is 235 g/mol. The van der Waals surface area contributed by atoms with E-state index >= 15 is 0 Å². The van der Waals surface area contributed by atoms with Gasteiger partial charge in [-0.25, -0.2) is 4.79 Å². The van der Waals surface area contributed by atoms with Gasteiger partial charge in [-0.3, -0.25) is 4.89 Å². The van der Waals surface area contributed by atoms with E-state index in [4.69, 9.17) is 9.78 Å². The Hall–Kier alpha value is -1.35. The molecule has 1 rings (SSSR count). The Balaban J connectivity index is 2.69. The zero-order chi connectivity index (χ0) is 12.8. The van der Waals surface area contributed by atoms with Gasteiger partial charge in [0.2, 0.25) is 0 Å². The molecule has 0 aliphatic heterocycles. The van der Waals surface area contributed by atoms with E-state index in [1.807, 2.05) is 32.9 Å². The van der Waals surface area contributed by atoms with Gasteiger partial charge in [0.05, 0.1) is 12.2 Å². The van der Waals surface area contributed by atoms with Crippen molar-refractivity contribution in [3.05, 3.63) is 41.3 Å². The van der Waals surface area contributed by atoms with Crippen LogP contribution in [0.15, 0.2) is 12.1 Å². The normalized spacial score (nSPS) is 10.4. The van der Waals surface area contributed by atoms with Crippen LogP contribution in [-0.4, -0.2) is 12.6 Å². The lowest BCUT2D eigenvalue weighted by Crippen LogP contribution is -2.10. The third-order valence-electron chi connectivity index (χ3n) is 2.49. The molecule has 0 N–H and O–H groups in total. The minimum absolute atomic E-state index is 0.388. The molecule has 0 saturated heterocycles. The first-order chi connectivity index (χ1) is 8.06. The highest BCUT2D eigenvalue weighted by Crippen LogP contribution is 2.17. The Bertz CT molecular complexity index is 373. The molecule has 1 radical (unpaired) electrons. The molecule has 1 aromatic carbocycles. The summed E-state index contributed by atoms with van der Waals surface area (Å²) in [6.45, 7) is 9.86. The fourth-order valence-corrected chi connectivity index (χ4v) is 1.80. The van der Waals surface area contributed by atoms with Crippen molar-refractivity contribution in [3.8, 4) is 0 Å². The van der Waals surface area contributed by atoms with Crippen LogP contribution in [0.2, 0.25) is 0 Å². The quantitative estimate of drug-likeness (QED) is 0.446. The smallest absolute Gasteiger partial charge is 0.293 e. The van der Waals surface area contributed by atoms with E-state index in [1.165, 1.54) is 0 Å². The Morgan fingerprint density at radius 3 is 2.35 bits per heavy atom. The standard InChI is InChI=1S/C14H19O3/c1-5-6-7-16-17-14(15)13-11(3)8-10(2)9-12(13)4/h8-9H,1,5-7H2,2-4H3. The zero-order valence-electron chi connectivity index (χ0n) is 10.7.